The SMILES string of the molecule is CC(C)(C)N(CC(=O)N1CCn2cccc2C1c1ccccc1Cl)S(=O)(=O)c1ccc2ccccc2c1. The van der Waals surface area contributed by atoms with Crippen LogP contribution < -0.4 is 0 Å². The Morgan fingerprint density at radius 1 is 0.946 bits per heavy atom. The minimum absolute atomic E-state index is 0.170. The largest absolute Gasteiger partial charge is 0.348 e. The first-order valence-electron chi connectivity index (χ1n) is 12.3. The number of benzene rings is 3. The van der Waals surface area contributed by atoms with Crippen LogP contribution in [0.2, 0.25) is 5.02 Å². The van der Waals surface area contributed by atoms with E-state index in [1.165, 1.54) is 4.31 Å². The third-order valence-corrected chi connectivity index (χ3v) is 9.35. The van der Waals surface area contributed by atoms with Crippen LogP contribution in [0.3, 0.4) is 0 Å². The molecule has 0 N–H and O–H groups in total. The average Bonchev–Trinajstić information content (AvgIpc) is 3.35. The molecule has 0 radical (unpaired) electrons. The molecule has 37 heavy (non-hydrogen) atoms. The van der Waals surface area contributed by atoms with Gasteiger partial charge in [-0.1, -0.05) is 60.1 Å². The van der Waals surface area contributed by atoms with E-state index in [4.69, 9.17) is 11.6 Å². The predicted molar refractivity (Wildman–Crippen MR) is 147 cm³/mol. The molecule has 0 spiro atoms. The normalized spacial score (nSPS) is 16.2. The molecule has 1 unspecified atom stereocenters. The number of hydrogen-bond acceptors (Lipinski definition) is 3. The number of carbonyl (C=O) groups excluding carboxylic acids is 1. The van der Waals surface area contributed by atoms with E-state index in [1.54, 1.807) is 23.1 Å². The van der Waals surface area contributed by atoms with Gasteiger partial charge >= 0.3 is 0 Å². The van der Waals surface area contributed by atoms with Gasteiger partial charge in [-0.15, -0.1) is 0 Å². The molecule has 0 aliphatic carbocycles. The fraction of sp³-hybridized carbons (Fsp3) is 0.276. The van der Waals surface area contributed by atoms with Crippen molar-refractivity contribution in [2.45, 2.75) is 43.8 Å². The number of hydrogen-bond donors (Lipinski definition) is 0. The molecule has 3 aromatic carbocycles. The Hall–Kier alpha value is -3.13. The van der Waals surface area contributed by atoms with E-state index in [1.807, 2.05) is 87.6 Å². The van der Waals surface area contributed by atoms with E-state index in [9.17, 15) is 13.2 Å². The van der Waals surface area contributed by atoms with Gasteiger partial charge in [-0.25, -0.2) is 8.42 Å². The molecule has 1 amide bonds. The summed E-state index contributed by atoms with van der Waals surface area (Å²) >= 11 is 6.59. The van der Waals surface area contributed by atoms with E-state index in [-0.39, 0.29) is 17.3 Å². The summed E-state index contributed by atoms with van der Waals surface area (Å²) < 4.78 is 31.3. The lowest BCUT2D eigenvalue weighted by molar-refractivity contribution is -0.134. The molecule has 6 nitrogen and oxygen atoms in total. The zero-order chi connectivity index (χ0) is 26.4. The van der Waals surface area contributed by atoms with Gasteiger partial charge in [-0.05, 0) is 67.4 Å². The maximum absolute atomic E-state index is 13.9. The Kier molecular flexibility index (Phi) is 6.64. The van der Waals surface area contributed by atoms with Gasteiger partial charge in [0.25, 0.3) is 0 Å². The van der Waals surface area contributed by atoms with Gasteiger partial charge in [0.05, 0.1) is 17.5 Å². The highest BCUT2D eigenvalue weighted by Gasteiger charge is 2.40. The standard InChI is InChI=1S/C29H30ClN3O3S/c1-29(2,3)33(37(35,36)23-15-14-21-9-4-5-10-22(21)19-23)20-27(34)32-18-17-31-16-8-13-26(31)28(32)24-11-6-7-12-25(24)30/h4-16,19,28H,17-18,20H2,1-3H3. The van der Waals surface area contributed by atoms with Crippen LogP contribution in [0.25, 0.3) is 10.8 Å². The fourth-order valence-electron chi connectivity index (χ4n) is 5.03. The van der Waals surface area contributed by atoms with Gasteiger partial charge in [0, 0.05) is 35.5 Å². The van der Waals surface area contributed by atoms with Crippen LogP contribution in [0.5, 0.6) is 0 Å². The fourth-order valence-corrected chi connectivity index (χ4v) is 7.04. The summed E-state index contributed by atoms with van der Waals surface area (Å²) in [5.41, 5.74) is 0.944. The summed E-state index contributed by atoms with van der Waals surface area (Å²) in [6, 6.07) is 23.7. The van der Waals surface area contributed by atoms with Gasteiger partial charge in [0.2, 0.25) is 15.9 Å². The number of fused-ring (bicyclic) bond motifs is 2. The summed E-state index contributed by atoms with van der Waals surface area (Å²) in [7, 11) is -3.97. The van der Waals surface area contributed by atoms with Crippen LogP contribution >= 0.6 is 11.6 Å². The van der Waals surface area contributed by atoms with Gasteiger partial charge in [-0.3, -0.25) is 4.79 Å². The first-order valence-corrected chi connectivity index (χ1v) is 14.1. The smallest absolute Gasteiger partial charge is 0.244 e. The highest BCUT2D eigenvalue weighted by atomic mass is 35.5. The lowest BCUT2D eigenvalue weighted by Crippen LogP contribution is -2.53. The molecule has 4 aromatic rings. The second-order valence-corrected chi connectivity index (χ2v) is 12.6. The van der Waals surface area contributed by atoms with E-state index in [0.717, 1.165) is 22.0 Å². The van der Waals surface area contributed by atoms with Crippen molar-refractivity contribution in [3.8, 4) is 0 Å². The van der Waals surface area contributed by atoms with Crippen molar-refractivity contribution in [3.05, 3.63) is 101 Å². The van der Waals surface area contributed by atoms with Crippen molar-refractivity contribution in [1.29, 1.82) is 0 Å². The molecule has 1 aliphatic rings. The molecule has 1 atom stereocenters. The van der Waals surface area contributed by atoms with Crippen molar-refractivity contribution in [2.75, 3.05) is 13.1 Å². The monoisotopic (exact) mass is 535 g/mol. The lowest BCUT2D eigenvalue weighted by atomic mass is 9.99. The first-order chi connectivity index (χ1) is 17.6. The molecule has 1 aliphatic heterocycles. The van der Waals surface area contributed by atoms with Crippen LogP contribution in [0.15, 0.2) is 90.0 Å². The summed E-state index contributed by atoms with van der Waals surface area (Å²) in [6.45, 7) is 6.23. The van der Waals surface area contributed by atoms with Gasteiger partial charge in [0.1, 0.15) is 0 Å². The van der Waals surface area contributed by atoms with E-state index in [2.05, 4.69) is 4.57 Å². The van der Waals surface area contributed by atoms with Crippen molar-refractivity contribution < 1.29 is 13.2 Å². The molecular formula is C29H30ClN3O3S. The molecule has 0 saturated heterocycles. The number of nitrogens with zero attached hydrogens (tertiary/aromatic N) is 3. The van der Waals surface area contributed by atoms with E-state index >= 15 is 0 Å². The van der Waals surface area contributed by atoms with Crippen LogP contribution in [-0.4, -0.2) is 46.7 Å². The molecule has 0 bridgehead atoms. The second-order valence-electron chi connectivity index (χ2n) is 10.3. The van der Waals surface area contributed by atoms with E-state index < -0.39 is 21.6 Å². The molecule has 1 aromatic heterocycles. The predicted octanol–water partition coefficient (Wildman–Crippen LogP) is 5.72. The Morgan fingerprint density at radius 2 is 1.65 bits per heavy atom. The lowest BCUT2D eigenvalue weighted by Gasteiger charge is -2.40. The third-order valence-electron chi connectivity index (χ3n) is 6.89. The number of aromatic nitrogens is 1. The molecule has 192 valence electrons. The quantitative estimate of drug-likeness (QED) is 0.328. The number of halogens is 1. The molecule has 8 heteroatoms. The summed E-state index contributed by atoms with van der Waals surface area (Å²) in [5, 5.41) is 2.36. The number of rotatable bonds is 5. The van der Waals surface area contributed by atoms with Crippen molar-refractivity contribution in [3.63, 3.8) is 0 Å². The van der Waals surface area contributed by atoms with Crippen molar-refractivity contribution in [2.24, 2.45) is 0 Å². The minimum atomic E-state index is -3.97. The van der Waals surface area contributed by atoms with Crippen LogP contribution in [0.1, 0.15) is 38.1 Å². The van der Waals surface area contributed by atoms with Crippen molar-refractivity contribution >= 4 is 38.3 Å². The third kappa shape index (κ3) is 4.79. The number of sulfonamides is 1. The van der Waals surface area contributed by atoms with Crippen LogP contribution in [-0.2, 0) is 21.4 Å². The van der Waals surface area contributed by atoms with E-state index in [0.29, 0.717) is 18.1 Å². The first kappa shape index (κ1) is 25.5. The highest BCUT2D eigenvalue weighted by molar-refractivity contribution is 7.89. The van der Waals surface area contributed by atoms with Crippen LogP contribution in [0, 0.1) is 0 Å². The van der Waals surface area contributed by atoms with Gasteiger partial charge in [-0.2, -0.15) is 4.31 Å². The molecular weight excluding hydrogens is 506 g/mol. The highest BCUT2D eigenvalue weighted by Crippen LogP contribution is 2.37. The Labute approximate surface area is 223 Å². The molecule has 0 fully saturated rings. The molecule has 0 saturated carbocycles. The summed E-state index contributed by atoms with van der Waals surface area (Å²) in [5.74, 6) is -0.267. The average molecular weight is 536 g/mol. The Balaban J connectivity index is 1.52. The zero-order valence-electron chi connectivity index (χ0n) is 21.1. The summed E-state index contributed by atoms with van der Waals surface area (Å²) in [4.78, 5) is 15.9. The number of amides is 1. The second kappa shape index (κ2) is 9.63. The van der Waals surface area contributed by atoms with Crippen LogP contribution in [0.4, 0.5) is 0 Å². The Bertz CT molecular complexity index is 1570. The Morgan fingerprint density at radius 3 is 2.38 bits per heavy atom. The maximum atomic E-state index is 13.9. The minimum Gasteiger partial charge on any atom is -0.348 e. The van der Waals surface area contributed by atoms with Gasteiger partial charge < -0.3 is 9.47 Å². The topological polar surface area (TPSA) is 62.6 Å². The molecule has 2 heterocycles. The van der Waals surface area contributed by atoms with Gasteiger partial charge in [0.15, 0.2) is 0 Å². The zero-order valence-corrected chi connectivity index (χ0v) is 22.7. The molecule has 5 rings (SSSR count). The number of carbonyl (C=O) groups is 1. The maximum Gasteiger partial charge on any atom is 0.244 e. The summed E-state index contributed by atoms with van der Waals surface area (Å²) in [6.07, 6.45) is 1.99. The van der Waals surface area contributed by atoms with Crippen molar-refractivity contribution in [1.82, 2.24) is 13.8 Å².